The Balaban J connectivity index is 1.98. The van der Waals surface area contributed by atoms with Gasteiger partial charge in [-0.2, -0.15) is 0 Å². The highest BCUT2D eigenvalue weighted by Crippen LogP contribution is 2.23. The first kappa shape index (κ1) is 21.1. The molecule has 8 heteroatoms. The van der Waals surface area contributed by atoms with E-state index in [1.165, 1.54) is 0 Å². The number of hydrogen-bond acceptors (Lipinski definition) is 7. The Morgan fingerprint density at radius 1 is 1.15 bits per heavy atom. The molecule has 1 aliphatic carbocycles. The van der Waals surface area contributed by atoms with Gasteiger partial charge in [-0.25, -0.2) is 4.99 Å². The van der Waals surface area contributed by atoms with Crippen LogP contribution in [0.5, 0.6) is 0 Å². The van der Waals surface area contributed by atoms with E-state index < -0.39 is 0 Å². The molecule has 0 aliphatic heterocycles. The third-order valence-electron chi connectivity index (χ3n) is 4.13. The smallest absolute Gasteiger partial charge is 0.202 e. The molecule has 146 valence electrons. The number of aliphatic imine (C=N–C) groups is 1. The topological polar surface area (TPSA) is 111 Å². The van der Waals surface area contributed by atoms with Crippen molar-refractivity contribution in [1.29, 1.82) is 0 Å². The minimum atomic E-state index is -0.274. The highest BCUT2D eigenvalue weighted by atomic mass is 35.5. The van der Waals surface area contributed by atoms with Gasteiger partial charge >= 0.3 is 0 Å². The Labute approximate surface area is 163 Å². The zero-order chi connectivity index (χ0) is 19.8. The summed E-state index contributed by atoms with van der Waals surface area (Å²) in [5.74, 6) is -0.274. The first-order chi connectivity index (χ1) is 13.0. The van der Waals surface area contributed by atoms with E-state index in [1.54, 1.807) is 13.0 Å². The van der Waals surface area contributed by atoms with Crippen LogP contribution < -0.4 is 11.1 Å². The highest BCUT2D eigenvalue weighted by molar-refractivity contribution is 6.49. The lowest BCUT2D eigenvalue weighted by Crippen LogP contribution is -2.34. The number of benzene rings is 1. The van der Waals surface area contributed by atoms with Crippen LogP contribution in [0.2, 0.25) is 0 Å². The number of aliphatic hydroxyl groups is 2. The van der Waals surface area contributed by atoms with Crippen LogP contribution in [-0.2, 0) is 4.79 Å². The van der Waals surface area contributed by atoms with Crippen LogP contribution in [0.15, 0.2) is 51.6 Å². The van der Waals surface area contributed by atoms with Crippen molar-refractivity contribution >= 4 is 34.5 Å². The number of carbonyl (C=O) groups excluding carboxylic acids is 1. The summed E-state index contributed by atoms with van der Waals surface area (Å²) in [5, 5.41) is 21.3. The van der Waals surface area contributed by atoms with E-state index in [1.807, 2.05) is 29.2 Å². The molecule has 5 N–H and O–H groups in total. The maximum atomic E-state index is 11.8. The Kier molecular flexibility index (Phi) is 7.99. The molecule has 0 amide bonds. The molecule has 0 aromatic heterocycles. The van der Waals surface area contributed by atoms with Crippen molar-refractivity contribution in [1.82, 2.24) is 4.90 Å². The van der Waals surface area contributed by atoms with E-state index in [9.17, 15) is 4.79 Å². The fraction of sp³-hybridized carbons (Fsp3) is 0.368. The molecule has 0 fully saturated rings. The number of nitrogens with zero attached hydrogens (tertiary/aromatic N) is 2. The molecule has 1 aromatic rings. The summed E-state index contributed by atoms with van der Waals surface area (Å²) in [6.45, 7) is 4.27. The summed E-state index contributed by atoms with van der Waals surface area (Å²) in [6, 6.07) is 7.48. The standard InChI is InChI=1S/C19H25ClN4O3/c1-13-12-16(18(21)17(20)19(13)27)23-15-4-2-14(3-5-15)22-6-7-24(8-10-25)9-11-26/h2-5,12,22,25-26H,6-11,21H2,1H3. The zero-order valence-electron chi connectivity index (χ0n) is 15.3. The Morgan fingerprint density at radius 3 is 2.37 bits per heavy atom. The third kappa shape index (κ3) is 5.90. The Morgan fingerprint density at radius 2 is 1.78 bits per heavy atom. The van der Waals surface area contributed by atoms with Gasteiger partial charge in [-0.15, -0.1) is 0 Å². The molecule has 0 spiro atoms. The number of aliphatic hydroxyl groups excluding tert-OH is 2. The second kappa shape index (κ2) is 10.2. The van der Waals surface area contributed by atoms with E-state index in [-0.39, 0.29) is 29.7 Å². The quantitative estimate of drug-likeness (QED) is 0.473. The van der Waals surface area contributed by atoms with Gasteiger partial charge < -0.3 is 21.3 Å². The van der Waals surface area contributed by atoms with Crippen molar-refractivity contribution in [2.75, 3.05) is 44.7 Å². The highest BCUT2D eigenvalue weighted by Gasteiger charge is 2.21. The average molecular weight is 393 g/mol. The number of Topliss-reactive ketones (excluding diaryl/α,β-unsaturated/α-hetero) is 1. The lowest BCUT2D eigenvalue weighted by atomic mass is 10.0. The number of ketones is 1. The second-order valence-corrected chi connectivity index (χ2v) is 6.52. The van der Waals surface area contributed by atoms with E-state index in [0.29, 0.717) is 43.2 Å². The maximum absolute atomic E-state index is 11.8. The molecule has 0 atom stereocenters. The van der Waals surface area contributed by atoms with E-state index in [4.69, 9.17) is 27.5 Å². The van der Waals surface area contributed by atoms with Crippen LogP contribution in [0, 0.1) is 0 Å². The Hall–Kier alpha value is -2.19. The lowest BCUT2D eigenvalue weighted by molar-refractivity contribution is -0.111. The molecule has 0 radical (unpaired) electrons. The summed E-state index contributed by atoms with van der Waals surface area (Å²) in [4.78, 5) is 18.2. The van der Waals surface area contributed by atoms with Gasteiger partial charge in [-0.1, -0.05) is 11.6 Å². The maximum Gasteiger partial charge on any atom is 0.202 e. The predicted molar refractivity (Wildman–Crippen MR) is 108 cm³/mol. The molecule has 0 saturated carbocycles. The van der Waals surface area contributed by atoms with Gasteiger partial charge in [0.2, 0.25) is 5.78 Å². The van der Waals surface area contributed by atoms with Crippen molar-refractivity contribution in [3.05, 3.63) is 46.6 Å². The molecule has 1 aromatic carbocycles. The third-order valence-corrected chi connectivity index (χ3v) is 4.50. The predicted octanol–water partition coefficient (Wildman–Crippen LogP) is 1.40. The molecule has 0 unspecified atom stereocenters. The van der Waals surface area contributed by atoms with Crippen LogP contribution >= 0.6 is 11.6 Å². The molecular weight excluding hydrogens is 368 g/mol. The van der Waals surface area contributed by atoms with Crippen LogP contribution in [0.4, 0.5) is 11.4 Å². The second-order valence-electron chi connectivity index (χ2n) is 6.14. The van der Waals surface area contributed by atoms with E-state index >= 15 is 0 Å². The van der Waals surface area contributed by atoms with Crippen LogP contribution in [0.25, 0.3) is 0 Å². The summed E-state index contributed by atoms with van der Waals surface area (Å²) in [6.07, 6.45) is 1.63. The summed E-state index contributed by atoms with van der Waals surface area (Å²) in [5.41, 5.74) is 8.68. The number of allylic oxidation sites excluding steroid dienone is 3. The lowest BCUT2D eigenvalue weighted by Gasteiger charge is -2.20. The van der Waals surface area contributed by atoms with Crippen LogP contribution in [-0.4, -0.2) is 66.0 Å². The monoisotopic (exact) mass is 392 g/mol. The Bertz CT molecular complexity index is 751. The van der Waals surface area contributed by atoms with E-state index in [2.05, 4.69) is 10.3 Å². The van der Waals surface area contributed by atoms with Gasteiger partial charge in [0.25, 0.3) is 0 Å². The molecule has 27 heavy (non-hydrogen) atoms. The number of rotatable bonds is 9. The zero-order valence-corrected chi connectivity index (χ0v) is 16.0. The van der Waals surface area contributed by atoms with Gasteiger partial charge in [0.1, 0.15) is 5.03 Å². The minimum Gasteiger partial charge on any atom is -0.396 e. The summed E-state index contributed by atoms with van der Waals surface area (Å²) >= 11 is 5.96. The molecule has 0 heterocycles. The van der Waals surface area contributed by atoms with E-state index in [0.717, 1.165) is 5.69 Å². The first-order valence-corrected chi connectivity index (χ1v) is 9.09. The van der Waals surface area contributed by atoms with Crippen molar-refractivity contribution < 1.29 is 15.0 Å². The first-order valence-electron chi connectivity index (χ1n) is 8.71. The SMILES string of the molecule is CC1=CC(=Nc2ccc(NCCN(CCO)CCO)cc2)C(N)=C(Cl)C1=O. The number of nitrogens with two attached hydrogens (primary N) is 1. The van der Waals surface area contributed by atoms with Crippen molar-refractivity contribution in [2.24, 2.45) is 10.7 Å². The molecule has 0 bridgehead atoms. The number of carbonyl (C=O) groups is 1. The minimum absolute atomic E-state index is 0.00218. The largest absolute Gasteiger partial charge is 0.396 e. The molecular formula is C19H25ClN4O3. The molecule has 0 saturated heterocycles. The molecule has 2 rings (SSSR count). The summed E-state index contributed by atoms with van der Waals surface area (Å²) < 4.78 is 0. The van der Waals surface area contributed by atoms with Crippen molar-refractivity contribution in [3.8, 4) is 0 Å². The fourth-order valence-electron chi connectivity index (χ4n) is 2.62. The number of hydrogen-bond donors (Lipinski definition) is 4. The number of halogens is 1. The van der Waals surface area contributed by atoms with Gasteiger partial charge in [0.05, 0.1) is 30.3 Å². The summed E-state index contributed by atoms with van der Waals surface area (Å²) in [7, 11) is 0. The van der Waals surface area contributed by atoms with Crippen molar-refractivity contribution in [3.63, 3.8) is 0 Å². The average Bonchev–Trinajstić information content (AvgIpc) is 2.66. The fourth-order valence-corrected chi connectivity index (χ4v) is 2.86. The van der Waals surface area contributed by atoms with Crippen LogP contribution in [0.1, 0.15) is 6.92 Å². The van der Waals surface area contributed by atoms with Crippen molar-refractivity contribution in [2.45, 2.75) is 6.92 Å². The van der Waals surface area contributed by atoms with Gasteiger partial charge in [-0.05, 0) is 37.3 Å². The van der Waals surface area contributed by atoms with Gasteiger partial charge in [0, 0.05) is 37.4 Å². The van der Waals surface area contributed by atoms with Crippen LogP contribution in [0.3, 0.4) is 0 Å². The number of nitrogens with one attached hydrogen (secondary N) is 1. The van der Waals surface area contributed by atoms with Gasteiger partial charge in [-0.3, -0.25) is 9.69 Å². The molecule has 7 nitrogen and oxygen atoms in total. The van der Waals surface area contributed by atoms with Gasteiger partial charge in [0.15, 0.2) is 0 Å². The number of anilines is 1. The normalized spacial score (nSPS) is 16.3. The molecule has 1 aliphatic rings.